The van der Waals surface area contributed by atoms with Crippen molar-refractivity contribution in [2.45, 2.75) is 32.5 Å². The molecule has 0 spiro atoms. The maximum atomic E-state index is 12.9. The monoisotopic (exact) mass is 550 g/mol. The second-order valence-corrected chi connectivity index (χ2v) is 9.84. The highest BCUT2D eigenvalue weighted by Crippen LogP contribution is 2.34. The molecule has 0 radical (unpaired) electrons. The molecule has 10 heteroatoms. The summed E-state index contributed by atoms with van der Waals surface area (Å²) in [7, 11) is 6.44. The number of benzene rings is 2. The molecule has 0 fully saturated rings. The minimum absolute atomic E-state index is 0.0155. The van der Waals surface area contributed by atoms with E-state index in [-0.39, 0.29) is 23.7 Å². The third-order valence-corrected chi connectivity index (χ3v) is 7.45. The van der Waals surface area contributed by atoms with Crippen LogP contribution in [0.5, 0.6) is 28.7 Å². The van der Waals surface area contributed by atoms with Gasteiger partial charge in [-0.2, -0.15) is 0 Å². The number of hydrogen-bond acceptors (Lipinski definition) is 9. The third kappa shape index (κ3) is 5.72. The Morgan fingerprint density at radius 2 is 1.30 bits per heavy atom. The van der Waals surface area contributed by atoms with Crippen LogP contribution in [0.15, 0.2) is 45.8 Å². The molecule has 40 heavy (non-hydrogen) atoms. The first-order chi connectivity index (χ1) is 19.4. The first-order valence-electron chi connectivity index (χ1n) is 13.1. The quantitative estimate of drug-likeness (QED) is 0.398. The summed E-state index contributed by atoms with van der Waals surface area (Å²) in [5.74, 6) is 3.05. The predicted octanol–water partition coefficient (Wildman–Crippen LogP) is 3.20. The van der Waals surface area contributed by atoms with Gasteiger partial charge in [0.2, 0.25) is 11.2 Å². The molecule has 5 rings (SSSR count). The summed E-state index contributed by atoms with van der Waals surface area (Å²) in [6.45, 7) is 2.73. The van der Waals surface area contributed by atoms with Gasteiger partial charge >= 0.3 is 0 Å². The van der Waals surface area contributed by atoms with Crippen molar-refractivity contribution in [2.75, 3.05) is 48.1 Å². The number of amides is 1. The van der Waals surface area contributed by atoms with Gasteiger partial charge in [0.1, 0.15) is 12.0 Å². The number of ether oxygens (including phenoxy) is 5. The van der Waals surface area contributed by atoms with E-state index in [9.17, 15) is 9.59 Å². The highest BCUT2D eigenvalue weighted by atomic mass is 16.5. The highest BCUT2D eigenvalue weighted by molar-refractivity contribution is 5.78. The fourth-order valence-electron chi connectivity index (χ4n) is 5.25. The van der Waals surface area contributed by atoms with Crippen molar-refractivity contribution < 1.29 is 32.9 Å². The van der Waals surface area contributed by atoms with E-state index >= 15 is 0 Å². The second kappa shape index (κ2) is 11.9. The summed E-state index contributed by atoms with van der Waals surface area (Å²) < 4.78 is 32.9. The minimum Gasteiger partial charge on any atom is -0.493 e. The van der Waals surface area contributed by atoms with E-state index < -0.39 is 0 Å². The molecule has 0 atom stereocenters. The molecule has 212 valence electrons. The molecule has 1 aromatic heterocycles. The van der Waals surface area contributed by atoms with Crippen molar-refractivity contribution in [1.29, 1.82) is 0 Å². The Labute approximate surface area is 232 Å². The number of methoxy groups -OCH3 is 4. The molecule has 3 heterocycles. The van der Waals surface area contributed by atoms with E-state index in [1.807, 2.05) is 24.3 Å². The third-order valence-electron chi connectivity index (χ3n) is 7.45. The number of rotatable bonds is 9. The molecule has 0 N–H and O–H groups in total. The van der Waals surface area contributed by atoms with Gasteiger partial charge in [0.25, 0.3) is 5.91 Å². The first kappa shape index (κ1) is 27.4. The normalized spacial score (nSPS) is 14.7. The summed E-state index contributed by atoms with van der Waals surface area (Å²) in [6, 6.07) is 9.31. The Balaban J connectivity index is 1.17. The van der Waals surface area contributed by atoms with Gasteiger partial charge in [-0.15, -0.1) is 0 Å². The summed E-state index contributed by atoms with van der Waals surface area (Å²) in [5, 5.41) is 0. The van der Waals surface area contributed by atoms with Gasteiger partial charge < -0.3 is 33.0 Å². The minimum atomic E-state index is -0.321. The van der Waals surface area contributed by atoms with Crippen LogP contribution in [0.1, 0.15) is 28.0 Å². The zero-order valence-electron chi connectivity index (χ0n) is 23.3. The Bertz CT molecular complexity index is 1450. The van der Waals surface area contributed by atoms with Crippen LogP contribution < -0.4 is 29.1 Å². The highest BCUT2D eigenvalue weighted by Gasteiger charge is 2.24. The SMILES string of the molecule is COc1cc2c(cc1OC)CN(Cc1cc(=O)c(OCC(=O)N3CCc4cc(OC)c(OC)cc4C3)co1)CC2. The van der Waals surface area contributed by atoms with Crippen molar-refractivity contribution in [3.05, 3.63) is 74.8 Å². The summed E-state index contributed by atoms with van der Waals surface area (Å²) in [5.41, 5.74) is 4.18. The summed E-state index contributed by atoms with van der Waals surface area (Å²) in [4.78, 5) is 29.5. The second-order valence-electron chi connectivity index (χ2n) is 9.84. The van der Waals surface area contributed by atoms with Crippen LogP contribution in [-0.4, -0.2) is 63.8 Å². The lowest BCUT2D eigenvalue weighted by Gasteiger charge is -2.29. The fraction of sp³-hybridized carbons (Fsp3) is 0.400. The standard InChI is InChI=1S/C30H34N2O8/c1-35-25-9-19-5-7-31(14-21(19)11-27(25)37-3)16-23-13-24(33)29(17-39-23)40-18-30(34)32-8-6-20-10-26(36-2)28(38-4)12-22(20)15-32/h9-13,17H,5-8,14-16,18H2,1-4H3. The molecule has 0 bridgehead atoms. The van der Waals surface area contributed by atoms with Gasteiger partial charge in [-0.25, -0.2) is 0 Å². The molecule has 2 aliphatic heterocycles. The zero-order chi connectivity index (χ0) is 28.2. The predicted molar refractivity (Wildman–Crippen MR) is 147 cm³/mol. The molecule has 10 nitrogen and oxygen atoms in total. The van der Waals surface area contributed by atoms with Crippen molar-refractivity contribution in [3.63, 3.8) is 0 Å². The Morgan fingerprint density at radius 1 is 0.750 bits per heavy atom. The van der Waals surface area contributed by atoms with Crippen molar-refractivity contribution in [2.24, 2.45) is 0 Å². The van der Waals surface area contributed by atoms with E-state index in [2.05, 4.69) is 4.90 Å². The smallest absolute Gasteiger partial charge is 0.260 e. The lowest BCUT2D eigenvalue weighted by atomic mass is 9.98. The van der Waals surface area contributed by atoms with Gasteiger partial charge in [0.05, 0.1) is 35.0 Å². The van der Waals surface area contributed by atoms with Crippen LogP contribution in [0.4, 0.5) is 0 Å². The van der Waals surface area contributed by atoms with Crippen LogP contribution in [0, 0.1) is 0 Å². The van der Waals surface area contributed by atoms with Crippen molar-refractivity contribution in [3.8, 4) is 28.7 Å². The number of hydrogen-bond donors (Lipinski definition) is 0. The maximum Gasteiger partial charge on any atom is 0.260 e. The fourth-order valence-corrected chi connectivity index (χ4v) is 5.25. The van der Waals surface area contributed by atoms with Gasteiger partial charge in [-0.05, 0) is 59.4 Å². The molecule has 1 amide bonds. The van der Waals surface area contributed by atoms with Crippen LogP contribution >= 0.6 is 0 Å². The molecule has 0 unspecified atom stereocenters. The Kier molecular flexibility index (Phi) is 8.16. The van der Waals surface area contributed by atoms with E-state index in [1.54, 1.807) is 33.3 Å². The van der Waals surface area contributed by atoms with E-state index in [1.165, 1.54) is 17.9 Å². The van der Waals surface area contributed by atoms with E-state index in [0.29, 0.717) is 55.6 Å². The lowest BCUT2D eigenvalue weighted by molar-refractivity contribution is -0.134. The van der Waals surface area contributed by atoms with Gasteiger partial charge in [-0.3, -0.25) is 14.5 Å². The van der Waals surface area contributed by atoms with Crippen molar-refractivity contribution >= 4 is 5.91 Å². The Morgan fingerprint density at radius 3 is 1.88 bits per heavy atom. The van der Waals surface area contributed by atoms with Crippen molar-refractivity contribution in [1.82, 2.24) is 9.80 Å². The number of fused-ring (bicyclic) bond motifs is 2. The molecule has 0 saturated carbocycles. The zero-order valence-corrected chi connectivity index (χ0v) is 23.3. The summed E-state index contributed by atoms with van der Waals surface area (Å²) in [6.07, 6.45) is 2.84. The molecule has 0 saturated heterocycles. The maximum absolute atomic E-state index is 12.9. The topological polar surface area (TPSA) is 99.9 Å². The van der Waals surface area contributed by atoms with Crippen LogP contribution in [0.3, 0.4) is 0 Å². The summed E-state index contributed by atoms with van der Waals surface area (Å²) >= 11 is 0. The molecule has 2 aromatic carbocycles. The van der Waals surface area contributed by atoms with Gasteiger partial charge in [0, 0.05) is 32.2 Å². The number of nitrogens with zero attached hydrogens (tertiary/aromatic N) is 2. The Hall–Kier alpha value is -4.18. The molecular formula is C30H34N2O8. The lowest BCUT2D eigenvalue weighted by Crippen LogP contribution is -2.39. The van der Waals surface area contributed by atoms with Gasteiger partial charge in [0.15, 0.2) is 29.6 Å². The van der Waals surface area contributed by atoms with Crippen LogP contribution in [-0.2, 0) is 37.3 Å². The van der Waals surface area contributed by atoms with E-state index in [4.69, 9.17) is 28.1 Å². The number of carbonyl (C=O) groups excluding carboxylic acids is 1. The average Bonchev–Trinajstić information content (AvgIpc) is 2.98. The average molecular weight is 551 g/mol. The van der Waals surface area contributed by atoms with Crippen LogP contribution in [0.25, 0.3) is 0 Å². The first-order valence-corrected chi connectivity index (χ1v) is 13.1. The van der Waals surface area contributed by atoms with Gasteiger partial charge in [-0.1, -0.05) is 0 Å². The largest absolute Gasteiger partial charge is 0.493 e. The molecule has 2 aliphatic rings. The van der Waals surface area contributed by atoms with E-state index in [0.717, 1.165) is 35.4 Å². The molecule has 3 aromatic rings. The molecular weight excluding hydrogens is 516 g/mol. The van der Waals surface area contributed by atoms with Crippen LogP contribution in [0.2, 0.25) is 0 Å². The molecule has 0 aliphatic carbocycles. The number of carbonyl (C=O) groups is 1.